The van der Waals surface area contributed by atoms with Crippen molar-refractivity contribution in [2.75, 3.05) is 6.61 Å². The van der Waals surface area contributed by atoms with Crippen LogP contribution in [-0.4, -0.2) is 6.61 Å². The van der Waals surface area contributed by atoms with Gasteiger partial charge in [0.2, 0.25) is 0 Å². The van der Waals surface area contributed by atoms with Gasteiger partial charge in [-0.3, -0.25) is 0 Å². The molecule has 1 aliphatic carbocycles. The zero-order chi connectivity index (χ0) is 11.9. The SMILES string of the molecule is C=CCCCCOc1ccc2c(c1)CC=CC2. The summed E-state index contributed by atoms with van der Waals surface area (Å²) in [6.45, 7) is 4.53. The molecule has 90 valence electrons. The standard InChI is InChI=1S/C16H20O/c1-2-3-4-7-12-17-16-11-10-14-8-5-6-9-15(14)13-16/h2,5-6,10-11,13H,1,3-4,7-9,12H2. The van der Waals surface area contributed by atoms with E-state index in [0.717, 1.165) is 44.5 Å². The van der Waals surface area contributed by atoms with Crippen molar-refractivity contribution in [2.24, 2.45) is 0 Å². The van der Waals surface area contributed by atoms with Gasteiger partial charge in [0.25, 0.3) is 0 Å². The van der Waals surface area contributed by atoms with Crippen LogP contribution in [0.5, 0.6) is 5.75 Å². The van der Waals surface area contributed by atoms with Crippen molar-refractivity contribution in [3.05, 3.63) is 54.1 Å². The third-order valence-corrected chi connectivity index (χ3v) is 3.09. The van der Waals surface area contributed by atoms with Gasteiger partial charge in [0.15, 0.2) is 0 Å². The summed E-state index contributed by atoms with van der Waals surface area (Å²) >= 11 is 0. The Morgan fingerprint density at radius 1 is 1.12 bits per heavy atom. The quantitative estimate of drug-likeness (QED) is 0.526. The predicted octanol–water partition coefficient (Wildman–Crippen LogP) is 4.08. The van der Waals surface area contributed by atoms with Crippen molar-refractivity contribution in [3.8, 4) is 5.75 Å². The summed E-state index contributed by atoms with van der Waals surface area (Å²) in [6, 6.07) is 6.47. The zero-order valence-corrected chi connectivity index (χ0v) is 10.3. The normalized spacial score (nSPS) is 13.2. The first-order valence-corrected chi connectivity index (χ1v) is 6.40. The van der Waals surface area contributed by atoms with Crippen molar-refractivity contribution in [2.45, 2.75) is 32.1 Å². The fraction of sp³-hybridized carbons (Fsp3) is 0.375. The summed E-state index contributed by atoms with van der Waals surface area (Å²) in [7, 11) is 0. The molecule has 0 saturated heterocycles. The number of allylic oxidation sites excluding steroid dienone is 3. The Bertz CT molecular complexity index is 404. The topological polar surface area (TPSA) is 9.23 Å². The molecule has 0 unspecified atom stereocenters. The molecule has 0 aromatic heterocycles. The zero-order valence-electron chi connectivity index (χ0n) is 10.3. The smallest absolute Gasteiger partial charge is 0.119 e. The first-order chi connectivity index (χ1) is 8.40. The molecule has 1 nitrogen and oxygen atoms in total. The minimum Gasteiger partial charge on any atom is -0.494 e. The Kier molecular flexibility index (Phi) is 4.43. The Hall–Kier alpha value is -1.50. The lowest BCUT2D eigenvalue weighted by Gasteiger charge is -2.13. The number of fused-ring (bicyclic) bond motifs is 1. The number of hydrogen-bond acceptors (Lipinski definition) is 1. The second-order valence-corrected chi connectivity index (χ2v) is 4.44. The van der Waals surface area contributed by atoms with E-state index in [1.54, 1.807) is 0 Å². The molecule has 1 heteroatoms. The van der Waals surface area contributed by atoms with Gasteiger partial charge in [0.1, 0.15) is 5.75 Å². The monoisotopic (exact) mass is 228 g/mol. The molecule has 0 fully saturated rings. The Balaban J connectivity index is 1.83. The predicted molar refractivity (Wildman–Crippen MR) is 72.5 cm³/mol. The van der Waals surface area contributed by atoms with Gasteiger partial charge < -0.3 is 4.74 Å². The molecule has 0 aliphatic heterocycles. The van der Waals surface area contributed by atoms with Crippen LogP contribution in [-0.2, 0) is 12.8 Å². The van der Waals surface area contributed by atoms with E-state index in [9.17, 15) is 0 Å². The third-order valence-electron chi connectivity index (χ3n) is 3.09. The molecule has 0 atom stereocenters. The molecule has 0 radical (unpaired) electrons. The molecule has 2 rings (SSSR count). The molecule has 1 aromatic carbocycles. The van der Waals surface area contributed by atoms with Gasteiger partial charge in [0, 0.05) is 0 Å². The molecule has 17 heavy (non-hydrogen) atoms. The van der Waals surface area contributed by atoms with Crippen LogP contribution in [0.1, 0.15) is 30.4 Å². The average molecular weight is 228 g/mol. The van der Waals surface area contributed by atoms with Crippen molar-refractivity contribution >= 4 is 0 Å². The van der Waals surface area contributed by atoms with Crippen LogP contribution < -0.4 is 4.74 Å². The maximum absolute atomic E-state index is 5.76. The maximum atomic E-state index is 5.76. The summed E-state index contributed by atoms with van der Waals surface area (Å²) in [5.74, 6) is 1.01. The Morgan fingerprint density at radius 3 is 2.76 bits per heavy atom. The summed E-state index contributed by atoms with van der Waals surface area (Å²) < 4.78 is 5.76. The minimum atomic E-state index is 0.808. The molecule has 0 heterocycles. The van der Waals surface area contributed by atoms with E-state index in [1.807, 2.05) is 6.08 Å². The van der Waals surface area contributed by atoms with E-state index in [0.29, 0.717) is 0 Å². The van der Waals surface area contributed by atoms with Crippen molar-refractivity contribution in [1.82, 2.24) is 0 Å². The van der Waals surface area contributed by atoms with E-state index < -0.39 is 0 Å². The third kappa shape index (κ3) is 3.48. The average Bonchev–Trinajstić information content (AvgIpc) is 2.38. The molecule has 0 saturated carbocycles. The highest BCUT2D eigenvalue weighted by Gasteiger charge is 2.05. The van der Waals surface area contributed by atoms with Crippen LogP contribution in [0.3, 0.4) is 0 Å². The first-order valence-electron chi connectivity index (χ1n) is 6.40. The van der Waals surface area contributed by atoms with Gasteiger partial charge in [-0.2, -0.15) is 0 Å². The molecule has 0 N–H and O–H groups in total. The molecule has 0 amide bonds. The highest BCUT2D eigenvalue weighted by atomic mass is 16.5. The van der Waals surface area contributed by atoms with Crippen molar-refractivity contribution < 1.29 is 4.74 Å². The molecular formula is C16H20O. The van der Waals surface area contributed by atoms with E-state index >= 15 is 0 Å². The van der Waals surface area contributed by atoms with Crippen LogP contribution in [0.15, 0.2) is 43.0 Å². The van der Waals surface area contributed by atoms with Crippen LogP contribution in [0.4, 0.5) is 0 Å². The number of hydrogen-bond donors (Lipinski definition) is 0. The molecule has 1 aromatic rings. The molecule has 0 spiro atoms. The van der Waals surface area contributed by atoms with E-state index in [1.165, 1.54) is 11.1 Å². The summed E-state index contributed by atoms with van der Waals surface area (Å²) in [5, 5.41) is 0. The van der Waals surface area contributed by atoms with Crippen LogP contribution in [0, 0.1) is 0 Å². The largest absolute Gasteiger partial charge is 0.494 e. The second-order valence-electron chi connectivity index (χ2n) is 4.44. The lowest BCUT2D eigenvalue weighted by molar-refractivity contribution is 0.307. The Morgan fingerprint density at radius 2 is 1.94 bits per heavy atom. The first kappa shape index (κ1) is 12.0. The lowest BCUT2D eigenvalue weighted by atomic mass is 9.97. The van der Waals surface area contributed by atoms with E-state index in [-0.39, 0.29) is 0 Å². The van der Waals surface area contributed by atoms with Crippen LogP contribution >= 0.6 is 0 Å². The van der Waals surface area contributed by atoms with Gasteiger partial charge in [-0.05, 0) is 55.4 Å². The minimum absolute atomic E-state index is 0.808. The summed E-state index contributed by atoms with van der Waals surface area (Å²) in [5.41, 5.74) is 2.85. The highest BCUT2D eigenvalue weighted by Crippen LogP contribution is 2.22. The number of unbranched alkanes of at least 4 members (excludes halogenated alkanes) is 2. The summed E-state index contributed by atoms with van der Waals surface area (Å²) in [6.07, 6.45) is 11.9. The van der Waals surface area contributed by atoms with Crippen molar-refractivity contribution in [3.63, 3.8) is 0 Å². The Labute approximate surface area is 104 Å². The second kappa shape index (κ2) is 6.29. The lowest BCUT2D eigenvalue weighted by Crippen LogP contribution is -2.01. The maximum Gasteiger partial charge on any atom is 0.119 e. The number of benzene rings is 1. The van der Waals surface area contributed by atoms with Gasteiger partial charge in [-0.15, -0.1) is 6.58 Å². The van der Waals surface area contributed by atoms with Gasteiger partial charge >= 0.3 is 0 Å². The fourth-order valence-corrected chi connectivity index (χ4v) is 2.08. The molecule has 0 bridgehead atoms. The highest BCUT2D eigenvalue weighted by molar-refractivity contribution is 5.39. The summed E-state index contributed by atoms with van der Waals surface area (Å²) in [4.78, 5) is 0. The fourth-order valence-electron chi connectivity index (χ4n) is 2.08. The van der Waals surface area contributed by atoms with Gasteiger partial charge in [0.05, 0.1) is 6.61 Å². The molecule has 1 aliphatic rings. The van der Waals surface area contributed by atoms with Crippen LogP contribution in [0.25, 0.3) is 0 Å². The van der Waals surface area contributed by atoms with Gasteiger partial charge in [-0.1, -0.05) is 24.3 Å². The van der Waals surface area contributed by atoms with Gasteiger partial charge in [-0.25, -0.2) is 0 Å². The van der Waals surface area contributed by atoms with Crippen LogP contribution in [0.2, 0.25) is 0 Å². The number of ether oxygens (including phenoxy) is 1. The number of rotatable bonds is 6. The van der Waals surface area contributed by atoms with E-state index in [4.69, 9.17) is 4.74 Å². The molecular weight excluding hydrogens is 208 g/mol. The van der Waals surface area contributed by atoms with E-state index in [2.05, 4.69) is 36.9 Å². The van der Waals surface area contributed by atoms with Crippen molar-refractivity contribution in [1.29, 1.82) is 0 Å².